The van der Waals surface area contributed by atoms with E-state index >= 15 is 0 Å². The quantitative estimate of drug-likeness (QED) is 0.429. The Kier molecular flexibility index (Phi) is 3.94. The van der Waals surface area contributed by atoms with Crippen molar-refractivity contribution in [3.8, 4) is 0 Å². The Morgan fingerprint density at radius 1 is 0.943 bits per heavy atom. The van der Waals surface area contributed by atoms with Gasteiger partial charge in [0, 0.05) is 39.7 Å². The van der Waals surface area contributed by atoms with E-state index in [0.29, 0.717) is 18.0 Å². The third-order valence-electron chi connectivity index (χ3n) is 9.52. The van der Waals surface area contributed by atoms with Gasteiger partial charge in [-0.05, 0) is 72.6 Å². The normalized spacial score (nSPS) is 30.9. The molecule has 3 atom stereocenters. The number of allylic oxidation sites excluding steroid dienone is 10. The summed E-state index contributed by atoms with van der Waals surface area (Å²) in [5.74, 6) is 0.513. The lowest BCUT2D eigenvalue weighted by Gasteiger charge is -2.45. The molecule has 35 heavy (non-hydrogen) atoms. The van der Waals surface area contributed by atoms with Gasteiger partial charge in [-0.25, -0.2) is 0 Å². The first kappa shape index (κ1) is 20.0. The van der Waals surface area contributed by atoms with Crippen molar-refractivity contribution in [3.63, 3.8) is 0 Å². The Morgan fingerprint density at radius 2 is 1.86 bits per heavy atom. The van der Waals surface area contributed by atoms with Crippen molar-refractivity contribution in [1.29, 1.82) is 0 Å². The van der Waals surface area contributed by atoms with Crippen LogP contribution in [0.1, 0.15) is 51.5 Å². The van der Waals surface area contributed by atoms with Crippen molar-refractivity contribution in [1.82, 2.24) is 4.90 Å². The number of anilines is 1. The first-order valence-electron chi connectivity index (χ1n) is 13.4. The highest BCUT2D eigenvalue weighted by Gasteiger charge is 2.51. The van der Waals surface area contributed by atoms with Gasteiger partial charge in [0.2, 0.25) is 0 Å². The van der Waals surface area contributed by atoms with Gasteiger partial charge in [0.25, 0.3) is 0 Å². The Morgan fingerprint density at radius 3 is 2.74 bits per heavy atom. The van der Waals surface area contributed by atoms with Crippen LogP contribution < -0.4 is 4.90 Å². The molecule has 1 aromatic carbocycles. The Balaban J connectivity index is 1.32. The van der Waals surface area contributed by atoms with Gasteiger partial charge in [0.1, 0.15) is 0 Å². The van der Waals surface area contributed by atoms with Crippen LogP contribution in [0.25, 0.3) is 5.57 Å². The largest absolute Gasteiger partial charge is 0.357 e. The SMILES string of the molecule is CC1(C)C2=C3C(CC=C2)C2=C(C=C4c5ccccc5N(C5C=CC=CC5)C4C2)N3C2=C1CCC=C2. The van der Waals surface area contributed by atoms with E-state index in [9.17, 15) is 0 Å². The summed E-state index contributed by atoms with van der Waals surface area (Å²) in [6.07, 6.45) is 27.1. The monoisotopic (exact) mass is 456 g/mol. The number of rotatable bonds is 1. The first-order chi connectivity index (χ1) is 17.1. The molecule has 7 aliphatic rings. The van der Waals surface area contributed by atoms with Gasteiger partial charge in [-0.15, -0.1) is 0 Å². The highest BCUT2D eigenvalue weighted by atomic mass is 15.2. The summed E-state index contributed by atoms with van der Waals surface area (Å²) < 4.78 is 0. The van der Waals surface area contributed by atoms with Crippen molar-refractivity contribution in [2.45, 2.75) is 58.0 Å². The van der Waals surface area contributed by atoms with Crippen molar-refractivity contribution < 1.29 is 0 Å². The summed E-state index contributed by atoms with van der Waals surface area (Å²) in [4.78, 5) is 5.41. The van der Waals surface area contributed by atoms with E-state index in [1.165, 1.54) is 34.6 Å². The zero-order valence-electron chi connectivity index (χ0n) is 20.7. The lowest BCUT2D eigenvalue weighted by Crippen LogP contribution is -2.41. The minimum atomic E-state index is 0.108. The van der Waals surface area contributed by atoms with Crippen LogP contribution in [0.4, 0.5) is 5.69 Å². The van der Waals surface area contributed by atoms with E-state index in [1.807, 2.05) is 0 Å². The first-order valence-corrected chi connectivity index (χ1v) is 13.4. The minimum absolute atomic E-state index is 0.108. The molecule has 0 aromatic heterocycles. The maximum Gasteiger partial charge on any atom is 0.0594 e. The second kappa shape index (κ2) is 6.91. The number of nitrogens with zero attached hydrogens (tertiary/aromatic N) is 2. The summed E-state index contributed by atoms with van der Waals surface area (Å²) in [5, 5.41) is 0. The fourth-order valence-electron chi connectivity index (χ4n) is 7.95. The van der Waals surface area contributed by atoms with Crippen molar-refractivity contribution in [2.24, 2.45) is 11.3 Å². The Hall–Kier alpha value is -3.26. The van der Waals surface area contributed by atoms with Gasteiger partial charge < -0.3 is 9.80 Å². The maximum atomic E-state index is 2.73. The van der Waals surface area contributed by atoms with Crippen LogP contribution in [0.5, 0.6) is 0 Å². The zero-order chi connectivity index (χ0) is 23.3. The molecule has 0 saturated heterocycles. The van der Waals surface area contributed by atoms with E-state index in [2.05, 4.69) is 103 Å². The number of benzene rings is 1. The minimum Gasteiger partial charge on any atom is -0.357 e. The van der Waals surface area contributed by atoms with Gasteiger partial charge in [-0.2, -0.15) is 0 Å². The molecule has 0 N–H and O–H groups in total. The summed E-state index contributed by atoms with van der Waals surface area (Å²) in [5.41, 5.74) is 13.8. The lowest BCUT2D eigenvalue weighted by atomic mass is 9.67. The Labute approximate surface area is 208 Å². The van der Waals surface area contributed by atoms with Gasteiger partial charge in [0.15, 0.2) is 0 Å². The molecule has 3 aliphatic heterocycles. The highest BCUT2D eigenvalue weighted by Crippen LogP contribution is 2.60. The van der Waals surface area contributed by atoms with Crippen LogP contribution in [0.3, 0.4) is 0 Å². The maximum absolute atomic E-state index is 2.73. The molecule has 4 aliphatic carbocycles. The summed E-state index contributed by atoms with van der Waals surface area (Å²) >= 11 is 0. The van der Waals surface area contributed by atoms with E-state index in [1.54, 1.807) is 22.4 Å². The average Bonchev–Trinajstić information content (AvgIpc) is 3.39. The summed E-state index contributed by atoms with van der Waals surface area (Å²) in [6.45, 7) is 4.92. The van der Waals surface area contributed by atoms with Gasteiger partial charge in [-0.1, -0.05) is 74.6 Å². The van der Waals surface area contributed by atoms with Crippen molar-refractivity contribution in [3.05, 3.63) is 118 Å². The average molecular weight is 457 g/mol. The standard InChI is InChI=1S/C33H32N2/c1-33(2)26-15-7-9-18-29(26)35-31-19-24-22-13-6-8-17-28(22)34(21-11-4-3-5-12-21)30(24)20-25(31)23-14-10-16-27(33)32(23)35/h3-6,8-11,13,16-19,21,23,30H,7,12,14-15,20H2,1-2H3. The number of hydrogen-bond donors (Lipinski definition) is 0. The number of fused-ring (bicyclic) bond motifs is 6. The van der Waals surface area contributed by atoms with Crippen LogP contribution >= 0.6 is 0 Å². The predicted octanol–water partition coefficient (Wildman–Crippen LogP) is 7.59. The molecular formula is C33H32N2. The van der Waals surface area contributed by atoms with Gasteiger partial charge in [0.05, 0.1) is 12.1 Å². The molecule has 2 nitrogen and oxygen atoms in total. The molecule has 0 fully saturated rings. The van der Waals surface area contributed by atoms with E-state index in [4.69, 9.17) is 0 Å². The molecule has 3 unspecified atom stereocenters. The van der Waals surface area contributed by atoms with Gasteiger partial charge >= 0.3 is 0 Å². The molecule has 2 heteroatoms. The molecule has 0 bridgehead atoms. The Bertz CT molecular complexity index is 1420. The number of para-hydroxylation sites is 1. The van der Waals surface area contributed by atoms with E-state index in [-0.39, 0.29) is 5.41 Å². The highest BCUT2D eigenvalue weighted by molar-refractivity contribution is 5.91. The van der Waals surface area contributed by atoms with Crippen LogP contribution in [0.15, 0.2) is 113 Å². The molecule has 8 rings (SSSR count). The molecule has 0 spiro atoms. The fourth-order valence-corrected chi connectivity index (χ4v) is 7.95. The molecular weight excluding hydrogens is 424 g/mol. The van der Waals surface area contributed by atoms with Crippen LogP contribution in [-0.2, 0) is 0 Å². The van der Waals surface area contributed by atoms with Gasteiger partial charge in [-0.3, -0.25) is 0 Å². The summed E-state index contributed by atoms with van der Waals surface area (Å²) in [6, 6.07) is 9.97. The third-order valence-corrected chi connectivity index (χ3v) is 9.52. The molecule has 1 aromatic rings. The number of hydrogen-bond acceptors (Lipinski definition) is 2. The van der Waals surface area contributed by atoms with Crippen LogP contribution in [0.2, 0.25) is 0 Å². The summed E-state index contributed by atoms with van der Waals surface area (Å²) in [7, 11) is 0. The van der Waals surface area contributed by atoms with E-state index < -0.39 is 0 Å². The predicted molar refractivity (Wildman–Crippen MR) is 144 cm³/mol. The van der Waals surface area contributed by atoms with Crippen molar-refractivity contribution >= 4 is 11.3 Å². The topological polar surface area (TPSA) is 6.48 Å². The fraction of sp³-hybridized carbons (Fsp3) is 0.333. The van der Waals surface area contributed by atoms with Crippen LogP contribution in [0, 0.1) is 11.3 Å². The van der Waals surface area contributed by atoms with Crippen molar-refractivity contribution in [2.75, 3.05) is 4.90 Å². The second-order valence-electron chi connectivity index (χ2n) is 11.5. The second-order valence-corrected chi connectivity index (χ2v) is 11.5. The van der Waals surface area contributed by atoms with E-state index in [0.717, 1.165) is 25.7 Å². The molecule has 0 amide bonds. The third kappa shape index (κ3) is 2.50. The smallest absolute Gasteiger partial charge is 0.0594 e. The molecule has 0 radical (unpaired) electrons. The molecule has 0 saturated carbocycles. The van der Waals surface area contributed by atoms with Crippen LogP contribution in [-0.4, -0.2) is 17.0 Å². The lowest BCUT2D eigenvalue weighted by molar-refractivity contribution is 0.402. The zero-order valence-corrected chi connectivity index (χ0v) is 20.7. The molecule has 3 heterocycles. The molecule has 174 valence electrons.